The van der Waals surface area contributed by atoms with Crippen molar-refractivity contribution >= 4 is 29.1 Å². The minimum absolute atomic E-state index is 0.0776. The molecule has 0 bridgehead atoms. The van der Waals surface area contributed by atoms with E-state index >= 15 is 0 Å². The molecule has 2 amide bonds. The molecule has 0 unspecified atom stereocenters. The van der Waals surface area contributed by atoms with Crippen LogP contribution in [0.2, 0.25) is 5.02 Å². The van der Waals surface area contributed by atoms with Crippen molar-refractivity contribution in [1.29, 1.82) is 0 Å². The summed E-state index contributed by atoms with van der Waals surface area (Å²) < 4.78 is 0. The van der Waals surface area contributed by atoms with Crippen LogP contribution in [0.25, 0.3) is 0 Å². The van der Waals surface area contributed by atoms with E-state index in [-0.39, 0.29) is 24.8 Å². The van der Waals surface area contributed by atoms with Crippen molar-refractivity contribution in [3.05, 3.63) is 28.8 Å². The fourth-order valence-electron chi connectivity index (χ4n) is 1.48. The Morgan fingerprint density at radius 2 is 2.00 bits per heavy atom. The summed E-state index contributed by atoms with van der Waals surface area (Å²) in [6.45, 7) is 2.90. The van der Waals surface area contributed by atoms with Gasteiger partial charge in [0.05, 0.1) is 5.56 Å². The minimum Gasteiger partial charge on any atom is -0.398 e. The first-order chi connectivity index (χ1) is 9.04. The molecule has 6 heteroatoms. The van der Waals surface area contributed by atoms with E-state index in [1.54, 1.807) is 12.1 Å². The molecule has 5 nitrogen and oxygen atoms in total. The molecule has 0 saturated carbocycles. The van der Waals surface area contributed by atoms with Crippen molar-refractivity contribution in [3.63, 3.8) is 0 Å². The standard InChI is InChI=1S/C13H18ClN3O2/c1-2-6-16-12(18)5-7-17-13(19)10-4-3-9(14)8-11(10)15/h3-4,8H,2,5-7,15H2,1H3,(H,16,18)(H,17,19). The summed E-state index contributed by atoms with van der Waals surface area (Å²) in [5.41, 5.74) is 6.37. The van der Waals surface area contributed by atoms with Crippen LogP contribution in [0.1, 0.15) is 30.1 Å². The van der Waals surface area contributed by atoms with Crippen LogP contribution in [0.4, 0.5) is 5.69 Å². The normalized spacial score (nSPS) is 10.0. The zero-order chi connectivity index (χ0) is 14.3. The first kappa shape index (κ1) is 15.3. The van der Waals surface area contributed by atoms with Gasteiger partial charge in [-0.2, -0.15) is 0 Å². The van der Waals surface area contributed by atoms with Gasteiger partial charge in [0.15, 0.2) is 0 Å². The average molecular weight is 284 g/mol. The fourth-order valence-corrected chi connectivity index (χ4v) is 1.66. The number of halogens is 1. The minimum atomic E-state index is -0.308. The molecule has 1 aromatic carbocycles. The van der Waals surface area contributed by atoms with Crippen LogP contribution in [0, 0.1) is 0 Å². The van der Waals surface area contributed by atoms with E-state index in [0.717, 1.165) is 6.42 Å². The van der Waals surface area contributed by atoms with Gasteiger partial charge in [-0.3, -0.25) is 9.59 Å². The summed E-state index contributed by atoms with van der Waals surface area (Å²) in [7, 11) is 0. The van der Waals surface area contributed by atoms with E-state index in [1.165, 1.54) is 6.07 Å². The lowest BCUT2D eigenvalue weighted by Crippen LogP contribution is -2.31. The summed E-state index contributed by atoms with van der Waals surface area (Å²) in [4.78, 5) is 23.1. The van der Waals surface area contributed by atoms with Crippen LogP contribution in [-0.4, -0.2) is 24.9 Å². The van der Waals surface area contributed by atoms with Crippen molar-refractivity contribution in [2.45, 2.75) is 19.8 Å². The van der Waals surface area contributed by atoms with Gasteiger partial charge in [0.2, 0.25) is 5.91 Å². The number of hydrogen-bond donors (Lipinski definition) is 3. The molecule has 0 atom stereocenters. The van der Waals surface area contributed by atoms with Gasteiger partial charge in [-0.15, -0.1) is 0 Å². The Bertz CT molecular complexity index is 463. The van der Waals surface area contributed by atoms with Crippen LogP contribution >= 0.6 is 11.6 Å². The van der Waals surface area contributed by atoms with Crippen molar-refractivity contribution < 1.29 is 9.59 Å². The first-order valence-electron chi connectivity index (χ1n) is 6.14. The monoisotopic (exact) mass is 283 g/mol. The molecule has 0 saturated heterocycles. The van der Waals surface area contributed by atoms with Crippen LogP contribution in [-0.2, 0) is 4.79 Å². The Morgan fingerprint density at radius 3 is 2.63 bits per heavy atom. The second-order valence-corrected chi connectivity index (χ2v) is 4.52. The molecule has 0 aliphatic heterocycles. The van der Waals surface area contributed by atoms with Crippen molar-refractivity contribution in [3.8, 4) is 0 Å². The lowest BCUT2D eigenvalue weighted by atomic mass is 10.1. The zero-order valence-corrected chi connectivity index (χ0v) is 11.6. The van der Waals surface area contributed by atoms with Gasteiger partial charge in [-0.25, -0.2) is 0 Å². The molecule has 0 aromatic heterocycles. The summed E-state index contributed by atoms with van der Waals surface area (Å²) in [6, 6.07) is 4.68. The molecule has 1 rings (SSSR count). The van der Waals surface area contributed by atoms with Gasteiger partial charge < -0.3 is 16.4 Å². The average Bonchev–Trinajstić information content (AvgIpc) is 2.36. The Kier molecular flexibility index (Phi) is 6.15. The van der Waals surface area contributed by atoms with Crippen LogP contribution in [0.5, 0.6) is 0 Å². The quantitative estimate of drug-likeness (QED) is 0.693. The number of anilines is 1. The third kappa shape index (κ3) is 5.18. The molecule has 0 aliphatic rings. The third-order valence-electron chi connectivity index (χ3n) is 2.47. The molecule has 0 spiro atoms. The molecule has 0 radical (unpaired) electrons. The molecular weight excluding hydrogens is 266 g/mol. The molecule has 0 aliphatic carbocycles. The van der Waals surface area contributed by atoms with Gasteiger partial charge in [0.25, 0.3) is 5.91 Å². The molecule has 0 heterocycles. The lowest BCUT2D eigenvalue weighted by molar-refractivity contribution is -0.120. The number of nitrogen functional groups attached to an aromatic ring is 1. The maximum Gasteiger partial charge on any atom is 0.253 e. The Labute approximate surface area is 117 Å². The Balaban J connectivity index is 2.41. The Morgan fingerprint density at radius 1 is 1.26 bits per heavy atom. The lowest BCUT2D eigenvalue weighted by Gasteiger charge is -2.08. The predicted octanol–water partition coefficient (Wildman–Crippen LogP) is 1.57. The SMILES string of the molecule is CCCNC(=O)CCNC(=O)c1ccc(Cl)cc1N. The van der Waals surface area contributed by atoms with E-state index in [1.807, 2.05) is 6.92 Å². The summed E-state index contributed by atoms with van der Waals surface area (Å²) in [5, 5.41) is 5.86. The van der Waals surface area contributed by atoms with Gasteiger partial charge in [-0.05, 0) is 24.6 Å². The van der Waals surface area contributed by atoms with E-state index in [9.17, 15) is 9.59 Å². The molecular formula is C13H18ClN3O2. The molecule has 0 fully saturated rings. The highest BCUT2D eigenvalue weighted by atomic mass is 35.5. The second kappa shape index (κ2) is 7.63. The highest BCUT2D eigenvalue weighted by molar-refractivity contribution is 6.31. The Hall–Kier alpha value is -1.75. The maximum atomic E-state index is 11.8. The number of rotatable bonds is 6. The van der Waals surface area contributed by atoms with E-state index in [4.69, 9.17) is 17.3 Å². The third-order valence-corrected chi connectivity index (χ3v) is 2.70. The number of carbonyl (C=O) groups excluding carboxylic acids is 2. The number of nitrogens with one attached hydrogen (secondary N) is 2. The highest BCUT2D eigenvalue weighted by Crippen LogP contribution is 2.17. The topological polar surface area (TPSA) is 84.2 Å². The van der Waals surface area contributed by atoms with Gasteiger partial charge in [-0.1, -0.05) is 18.5 Å². The van der Waals surface area contributed by atoms with E-state index in [0.29, 0.717) is 22.8 Å². The van der Waals surface area contributed by atoms with Gasteiger partial charge in [0, 0.05) is 30.2 Å². The summed E-state index contributed by atoms with van der Waals surface area (Å²) in [5.74, 6) is -0.385. The maximum absolute atomic E-state index is 11.8. The second-order valence-electron chi connectivity index (χ2n) is 4.09. The summed E-state index contributed by atoms with van der Waals surface area (Å²) >= 11 is 5.75. The van der Waals surface area contributed by atoms with Crippen molar-refractivity contribution in [2.75, 3.05) is 18.8 Å². The number of amides is 2. The zero-order valence-electron chi connectivity index (χ0n) is 10.8. The number of nitrogens with two attached hydrogens (primary N) is 1. The largest absolute Gasteiger partial charge is 0.398 e. The number of benzene rings is 1. The first-order valence-corrected chi connectivity index (χ1v) is 6.52. The van der Waals surface area contributed by atoms with Gasteiger partial charge in [0.1, 0.15) is 0 Å². The highest BCUT2D eigenvalue weighted by Gasteiger charge is 2.10. The number of carbonyl (C=O) groups is 2. The smallest absolute Gasteiger partial charge is 0.253 e. The summed E-state index contributed by atoms with van der Waals surface area (Å²) in [6.07, 6.45) is 1.14. The molecule has 104 valence electrons. The fraction of sp³-hybridized carbons (Fsp3) is 0.385. The van der Waals surface area contributed by atoms with Crippen LogP contribution in [0.15, 0.2) is 18.2 Å². The number of hydrogen-bond acceptors (Lipinski definition) is 3. The van der Waals surface area contributed by atoms with Gasteiger partial charge >= 0.3 is 0 Å². The van der Waals surface area contributed by atoms with Crippen molar-refractivity contribution in [2.24, 2.45) is 0 Å². The van der Waals surface area contributed by atoms with E-state index < -0.39 is 0 Å². The molecule has 4 N–H and O–H groups in total. The van der Waals surface area contributed by atoms with Crippen LogP contribution < -0.4 is 16.4 Å². The molecule has 19 heavy (non-hydrogen) atoms. The van der Waals surface area contributed by atoms with Crippen molar-refractivity contribution in [1.82, 2.24) is 10.6 Å². The molecule has 1 aromatic rings. The predicted molar refractivity (Wildman–Crippen MR) is 76.1 cm³/mol. The van der Waals surface area contributed by atoms with Crippen LogP contribution in [0.3, 0.4) is 0 Å². The van der Waals surface area contributed by atoms with E-state index in [2.05, 4.69) is 10.6 Å².